The van der Waals surface area contributed by atoms with Crippen LogP contribution in [0.15, 0.2) is 35.5 Å². The number of benzene rings is 1. The number of nitrogens with zero attached hydrogens (tertiary/aromatic N) is 2. The van der Waals surface area contributed by atoms with Crippen molar-refractivity contribution < 1.29 is 23.2 Å². The average Bonchev–Trinajstić information content (AvgIpc) is 2.44. The maximum atomic E-state index is 12.1. The first-order chi connectivity index (χ1) is 11.0. The molecule has 9 nitrogen and oxygen atoms in total. The first-order valence-electron chi connectivity index (χ1n) is 6.53. The third-order valence-corrected chi connectivity index (χ3v) is 4.91. The lowest BCUT2D eigenvalue weighted by atomic mass is 9.95. The van der Waals surface area contributed by atoms with E-state index in [0.29, 0.717) is 0 Å². The molecule has 1 aliphatic rings. The lowest BCUT2D eigenvalue weighted by Crippen LogP contribution is -2.50. The molecule has 0 bridgehead atoms. The minimum Gasteiger partial charge on any atom is -0.478 e. The first kappa shape index (κ1) is 17.8. The summed E-state index contributed by atoms with van der Waals surface area (Å²) in [5.74, 6) is -1.35. The van der Waals surface area contributed by atoms with Gasteiger partial charge in [-0.25, -0.2) is 17.5 Å². The van der Waals surface area contributed by atoms with E-state index in [1.54, 1.807) is 0 Å². The molecule has 1 heterocycles. The second kappa shape index (κ2) is 6.17. The number of nitrogens with one attached hydrogen (secondary N) is 1. The van der Waals surface area contributed by atoms with Crippen molar-refractivity contribution in [1.82, 2.24) is 9.62 Å². The predicted molar refractivity (Wildman–Crippen MR) is 88.6 cm³/mol. The number of carboxylic acid groups (broad SMARTS) is 1. The molecular formula is C13H13N3O6S2. The number of rotatable bonds is 4. The number of hydrogen-bond acceptors (Lipinski definition) is 6. The van der Waals surface area contributed by atoms with Crippen molar-refractivity contribution in [3.05, 3.63) is 51.2 Å². The predicted octanol–water partition coefficient (Wildman–Crippen LogP) is 1.14. The monoisotopic (exact) mass is 371 g/mol. The zero-order chi connectivity index (χ0) is 18.2. The molecule has 1 unspecified atom stereocenters. The standard InChI is InChI=1S/C13H13N3O6S2/c1-7-10(12(17)18)11(15(13(23)14-7)24(2,21)22)8-4-3-5-9(6-8)16(19)20/h3-6,11H,1-2H3,(H,14,23)(H,17,18). The van der Waals surface area contributed by atoms with Crippen molar-refractivity contribution >= 4 is 39.0 Å². The zero-order valence-corrected chi connectivity index (χ0v) is 14.2. The Hall–Kier alpha value is -2.53. The van der Waals surface area contributed by atoms with Crippen molar-refractivity contribution in [2.45, 2.75) is 13.0 Å². The highest BCUT2D eigenvalue weighted by Crippen LogP contribution is 2.36. The molecule has 2 N–H and O–H groups in total. The summed E-state index contributed by atoms with van der Waals surface area (Å²) < 4.78 is 25.0. The van der Waals surface area contributed by atoms with Crippen LogP contribution < -0.4 is 5.32 Å². The minimum absolute atomic E-state index is 0.134. The van der Waals surface area contributed by atoms with Crippen LogP contribution in [0.1, 0.15) is 18.5 Å². The topological polar surface area (TPSA) is 130 Å². The molecular weight excluding hydrogens is 358 g/mol. The van der Waals surface area contributed by atoms with Crippen molar-refractivity contribution in [3.63, 3.8) is 0 Å². The summed E-state index contributed by atoms with van der Waals surface area (Å²) in [6.45, 7) is 1.44. The van der Waals surface area contributed by atoms with Crippen molar-refractivity contribution in [2.75, 3.05) is 6.26 Å². The molecule has 24 heavy (non-hydrogen) atoms. The van der Waals surface area contributed by atoms with Crippen LogP contribution in [0.3, 0.4) is 0 Å². The van der Waals surface area contributed by atoms with Gasteiger partial charge in [-0.1, -0.05) is 12.1 Å². The fourth-order valence-electron chi connectivity index (χ4n) is 2.45. The normalized spacial score (nSPS) is 18.3. The van der Waals surface area contributed by atoms with Crippen LogP contribution in [0.25, 0.3) is 0 Å². The summed E-state index contributed by atoms with van der Waals surface area (Å²) in [7, 11) is -3.93. The Morgan fingerprint density at radius 1 is 1.46 bits per heavy atom. The summed E-state index contributed by atoms with van der Waals surface area (Å²) in [5.41, 5.74) is -0.235. The molecule has 0 fully saturated rings. The molecule has 1 atom stereocenters. The van der Waals surface area contributed by atoms with E-state index in [-0.39, 0.29) is 27.6 Å². The minimum atomic E-state index is -3.93. The largest absolute Gasteiger partial charge is 0.478 e. The second-order valence-electron chi connectivity index (χ2n) is 5.09. The van der Waals surface area contributed by atoms with Gasteiger partial charge in [-0.2, -0.15) is 0 Å². The van der Waals surface area contributed by atoms with Gasteiger partial charge in [0.2, 0.25) is 10.0 Å². The average molecular weight is 371 g/mol. The van der Waals surface area contributed by atoms with Crippen LogP contribution in [0.4, 0.5) is 5.69 Å². The molecule has 0 spiro atoms. The highest BCUT2D eigenvalue weighted by atomic mass is 32.2. The van der Waals surface area contributed by atoms with Crippen molar-refractivity contribution in [1.29, 1.82) is 0 Å². The van der Waals surface area contributed by atoms with Gasteiger partial charge in [0.05, 0.1) is 16.8 Å². The van der Waals surface area contributed by atoms with E-state index < -0.39 is 27.0 Å². The van der Waals surface area contributed by atoms with Crippen LogP contribution in [0.2, 0.25) is 0 Å². The molecule has 11 heteroatoms. The molecule has 0 radical (unpaired) electrons. The van der Waals surface area contributed by atoms with Gasteiger partial charge in [0.25, 0.3) is 5.69 Å². The van der Waals surface area contributed by atoms with E-state index in [0.717, 1.165) is 16.6 Å². The van der Waals surface area contributed by atoms with Gasteiger partial charge in [-0.15, -0.1) is 0 Å². The van der Waals surface area contributed by atoms with E-state index in [2.05, 4.69) is 5.32 Å². The van der Waals surface area contributed by atoms with Crippen molar-refractivity contribution in [3.8, 4) is 0 Å². The number of carbonyl (C=O) groups is 1. The van der Waals surface area contributed by atoms with Gasteiger partial charge in [0, 0.05) is 17.8 Å². The number of allylic oxidation sites excluding steroid dienone is 1. The molecule has 0 saturated carbocycles. The van der Waals surface area contributed by atoms with E-state index in [1.165, 1.54) is 25.1 Å². The van der Waals surface area contributed by atoms with E-state index in [1.807, 2.05) is 0 Å². The fraction of sp³-hybridized carbons (Fsp3) is 0.231. The number of sulfonamides is 1. The van der Waals surface area contributed by atoms with Gasteiger partial charge in [0.1, 0.15) is 6.04 Å². The molecule has 128 valence electrons. The summed E-state index contributed by atoms with van der Waals surface area (Å²) in [4.78, 5) is 22.0. The molecule has 1 aliphatic heterocycles. The van der Waals surface area contributed by atoms with Crippen molar-refractivity contribution in [2.24, 2.45) is 0 Å². The highest BCUT2D eigenvalue weighted by molar-refractivity contribution is 7.90. The van der Waals surface area contributed by atoms with Crippen LogP contribution in [-0.4, -0.2) is 40.1 Å². The van der Waals surface area contributed by atoms with E-state index >= 15 is 0 Å². The third kappa shape index (κ3) is 3.21. The highest BCUT2D eigenvalue weighted by Gasteiger charge is 2.41. The van der Waals surface area contributed by atoms with Crippen LogP contribution in [0.5, 0.6) is 0 Å². The fourth-order valence-corrected chi connectivity index (χ4v) is 4.07. The van der Waals surface area contributed by atoms with E-state index in [4.69, 9.17) is 12.2 Å². The maximum absolute atomic E-state index is 12.1. The third-order valence-electron chi connectivity index (χ3n) is 3.39. The van der Waals surface area contributed by atoms with Gasteiger partial charge >= 0.3 is 5.97 Å². The van der Waals surface area contributed by atoms with E-state index in [9.17, 15) is 28.4 Å². The number of non-ortho nitro benzene ring substituents is 1. The van der Waals surface area contributed by atoms with Crippen LogP contribution in [-0.2, 0) is 14.8 Å². The number of aliphatic carboxylic acids is 1. The summed E-state index contributed by atoms with van der Waals surface area (Å²) in [6, 6.07) is 3.83. The lowest BCUT2D eigenvalue weighted by Gasteiger charge is -2.37. The van der Waals surface area contributed by atoms with Gasteiger partial charge in [0.15, 0.2) is 5.11 Å². The maximum Gasteiger partial charge on any atom is 0.335 e. The molecule has 0 aromatic heterocycles. The SMILES string of the molecule is CC1=C(C(=O)O)C(c2cccc([N+](=O)[O-])c2)N(S(C)(=O)=O)C(=S)N1. The molecule has 2 rings (SSSR count). The Bertz CT molecular complexity index is 877. The Balaban J connectivity index is 2.77. The van der Waals surface area contributed by atoms with Gasteiger partial charge < -0.3 is 10.4 Å². The number of nitro groups is 1. The number of hydrogen-bond donors (Lipinski definition) is 2. The van der Waals surface area contributed by atoms with Crippen LogP contribution >= 0.6 is 12.2 Å². The number of nitro benzene ring substituents is 1. The lowest BCUT2D eigenvalue weighted by molar-refractivity contribution is -0.384. The Labute approximate surface area is 142 Å². The first-order valence-corrected chi connectivity index (χ1v) is 8.78. The molecule has 1 aromatic carbocycles. The van der Waals surface area contributed by atoms with Gasteiger partial charge in [-0.3, -0.25) is 10.1 Å². The second-order valence-corrected chi connectivity index (χ2v) is 7.33. The summed E-state index contributed by atoms with van der Waals surface area (Å²) in [6.07, 6.45) is 0.880. The molecule has 1 aromatic rings. The summed E-state index contributed by atoms with van der Waals surface area (Å²) in [5, 5.41) is 22.8. The quantitative estimate of drug-likeness (QED) is 0.458. The zero-order valence-electron chi connectivity index (χ0n) is 12.6. The molecule has 0 saturated heterocycles. The Kier molecular flexibility index (Phi) is 4.58. The Morgan fingerprint density at radius 3 is 2.58 bits per heavy atom. The van der Waals surface area contributed by atoms with Crippen LogP contribution in [0, 0.1) is 10.1 Å². The number of carboxylic acids is 1. The molecule has 0 amide bonds. The summed E-state index contributed by atoms with van der Waals surface area (Å²) >= 11 is 5.03. The smallest absolute Gasteiger partial charge is 0.335 e. The van der Waals surface area contributed by atoms with Gasteiger partial charge in [-0.05, 0) is 24.7 Å². The Morgan fingerprint density at radius 2 is 2.08 bits per heavy atom. The molecule has 0 aliphatic carbocycles. The number of thiocarbonyl (C=S) groups is 1.